The molecule has 1 rings (SSSR count). The van der Waals surface area contributed by atoms with Gasteiger partial charge < -0.3 is 14.8 Å². The summed E-state index contributed by atoms with van der Waals surface area (Å²) in [5, 5.41) is 7.73. The summed E-state index contributed by atoms with van der Waals surface area (Å²) in [5.41, 5.74) is -0.448. The molecule has 3 N–H and O–H groups in total. The monoisotopic (exact) mass is 316 g/mol. The summed E-state index contributed by atoms with van der Waals surface area (Å²) < 4.78 is 33.0. The van der Waals surface area contributed by atoms with E-state index in [0.717, 1.165) is 0 Å². The highest BCUT2D eigenvalue weighted by Crippen LogP contribution is 2.22. The normalized spacial score (nSPS) is 12.0. The first-order valence-electron chi connectivity index (χ1n) is 6.15. The van der Waals surface area contributed by atoms with Crippen molar-refractivity contribution in [3.63, 3.8) is 0 Å². The van der Waals surface area contributed by atoms with Gasteiger partial charge in [-0.15, -0.1) is 0 Å². The van der Waals surface area contributed by atoms with E-state index in [1.807, 2.05) is 13.8 Å². The molecular weight excluding hydrogens is 296 g/mol. The minimum atomic E-state index is -3.89. The van der Waals surface area contributed by atoms with E-state index in [1.54, 1.807) is 0 Å². The molecule has 0 aliphatic carbocycles. The largest absolute Gasteiger partial charge is 0.496 e. The van der Waals surface area contributed by atoms with Crippen molar-refractivity contribution in [3.05, 3.63) is 23.8 Å². The summed E-state index contributed by atoms with van der Waals surface area (Å²) in [6.07, 6.45) is 0. The van der Waals surface area contributed by atoms with Crippen molar-refractivity contribution in [1.29, 1.82) is 0 Å². The van der Waals surface area contributed by atoms with E-state index in [9.17, 15) is 13.2 Å². The van der Waals surface area contributed by atoms with E-state index in [0.29, 0.717) is 0 Å². The first kappa shape index (κ1) is 17.4. The number of hydrogen-bond acceptors (Lipinski definition) is 5. The SMILES string of the molecule is COc1ccc(S(N)(=O)=O)cc1C(=O)NCC(C)(C)OC. The number of hydrogen-bond donors (Lipinski definition) is 2. The van der Waals surface area contributed by atoms with Gasteiger partial charge in [0.05, 0.1) is 23.2 Å². The van der Waals surface area contributed by atoms with E-state index in [-0.39, 0.29) is 22.8 Å². The topological polar surface area (TPSA) is 108 Å². The van der Waals surface area contributed by atoms with E-state index in [2.05, 4.69) is 5.32 Å². The molecule has 0 fully saturated rings. The van der Waals surface area contributed by atoms with Crippen LogP contribution in [-0.2, 0) is 14.8 Å². The van der Waals surface area contributed by atoms with Gasteiger partial charge in [0, 0.05) is 13.7 Å². The zero-order valence-electron chi connectivity index (χ0n) is 12.5. The molecule has 0 atom stereocenters. The maximum absolute atomic E-state index is 12.2. The highest BCUT2D eigenvalue weighted by atomic mass is 32.2. The molecule has 1 aromatic carbocycles. The maximum atomic E-state index is 12.2. The quantitative estimate of drug-likeness (QED) is 0.794. The predicted octanol–water partition coefficient (Wildman–Crippen LogP) is 0.497. The van der Waals surface area contributed by atoms with Crippen LogP contribution in [0.3, 0.4) is 0 Å². The van der Waals surface area contributed by atoms with Gasteiger partial charge in [-0.05, 0) is 32.0 Å². The lowest BCUT2D eigenvalue weighted by atomic mass is 10.1. The minimum Gasteiger partial charge on any atom is -0.496 e. The van der Waals surface area contributed by atoms with E-state index in [1.165, 1.54) is 32.4 Å². The number of methoxy groups -OCH3 is 2. The van der Waals surface area contributed by atoms with Gasteiger partial charge in [0.25, 0.3) is 5.91 Å². The molecule has 8 heteroatoms. The van der Waals surface area contributed by atoms with Crippen molar-refractivity contribution in [3.8, 4) is 5.75 Å². The summed E-state index contributed by atoms with van der Waals surface area (Å²) in [4.78, 5) is 12.0. The van der Waals surface area contributed by atoms with Crippen LogP contribution in [0, 0.1) is 0 Å². The molecule has 1 aromatic rings. The summed E-state index contributed by atoms with van der Waals surface area (Å²) in [6, 6.07) is 3.85. The zero-order valence-corrected chi connectivity index (χ0v) is 13.3. The van der Waals surface area contributed by atoms with Gasteiger partial charge >= 0.3 is 0 Å². The minimum absolute atomic E-state index is 0.0935. The fraction of sp³-hybridized carbons (Fsp3) is 0.462. The number of amides is 1. The number of nitrogens with two attached hydrogens (primary N) is 1. The second-order valence-corrected chi connectivity index (χ2v) is 6.62. The van der Waals surface area contributed by atoms with Crippen molar-refractivity contribution in [1.82, 2.24) is 5.32 Å². The Kier molecular flexibility index (Phi) is 5.32. The van der Waals surface area contributed by atoms with Gasteiger partial charge in [-0.25, -0.2) is 13.6 Å². The molecule has 0 radical (unpaired) electrons. The van der Waals surface area contributed by atoms with E-state index in [4.69, 9.17) is 14.6 Å². The highest BCUT2D eigenvalue weighted by molar-refractivity contribution is 7.89. The Hall–Kier alpha value is -1.64. The van der Waals surface area contributed by atoms with Crippen LogP contribution in [0.4, 0.5) is 0 Å². The molecule has 0 spiro atoms. The molecule has 0 saturated heterocycles. The maximum Gasteiger partial charge on any atom is 0.255 e. The Labute approximate surface area is 124 Å². The van der Waals surface area contributed by atoms with Crippen molar-refractivity contribution in [2.75, 3.05) is 20.8 Å². The third-order valence-corrected chi connectivity index (χ3v) is 3.88. The van der Waals surface area contributed by atoms with Crippen LogP contribution in [0.5, 0.6) is 5.75 Å². The van der Waals surface area contributed by atoms with Crippen LogP contribution < -0.4 is 15.2 Å². The molecule has 0 heterocycles. The van der Waals surface area contributed by atoms with Crippen molar-refractivity contribution in [2.45, 2.75) is 24.3 Å². The van der Waals surface area contributed by atoms with Crippen molar-refractivity contribution < 1.29 is 22.7 Å². The number of benzene rings is 1. The molecule has 0 aromatic heterocycles. The Morgan fingerprint density at radius 1 is 1.33 bits per heavy atom. The molecule has 7 nitrogen and oxygen atoms in total. The smallest absolute Gasteiger partial charge is 0.255 e. The number of sulfonamides is 1. The lowest BCUT2D eigenvalue weighted by molar-refractivity contribution is 0.0228. The highest BCUT2D eigenvalue weighted by Gasteiger charge is 2.21. The van der Waals surface area contributed by atoms with E-state index >= 15 is 0 Å². The van der Waals surface area contributed by atoms with Crippen molar-refractivity contribution in [2.24, 2.45) is 5.14 Å². The fourth-order valence-electron chi connectivity index (χ4n) is 1.50. The summed E-state index contributed by atoms with van der Waals surface area (Å²) in [6.45, 7) is 3.88. The first-order valence-corrected chi connectivity index (χ1v) is 7.69. The number of carbonyl (C=O) groups excluding carboxylic acids is 1. The van der Waals surface area contributed by atoms with E-state index < -0.39 is 21.5 Å². The van der Waals surface area contributed by atoms with Gasteiger partial charge in [0.15, 0.2) is 0 Å². The van der Waals surface area contributed by atoms with Crippen LogP contribution in [-0.4, -0.2) is 40.7 Å². The predicted molar refractivity (Wildman–Crippen MR) is 77.8 cm³/mol. The molecule has 0 saturated carbocycles. The van der Waals surface area contributed by atoms with Crippen LogP contribution in [0.2, 0.25) is 0 Å². The lowest BCUT2D eigenvalue weighted by Gasteiger charge is -2.23. The average molecular weight is 316 g/mol. The Morgan fingerprint density at radius 2 is 1.95 bits per heavy atom. The number of primary sulfonamides is 1. The Morgan fingerprint density at radius 3 is 2.43 bits per heavy atom. The average Bonchev–Trinajstić information content (AvgIpc) is 2.43. The number of ether oxygens (including phenoxy) is 2. The van der Waals surface area contributed by atoms with Gasteiger partial charge in [-0.3, -0.25) is 4.79 Å². The second kappa shape index (κ2) is 6.42. The van der Waals surface area contributed by atoms with Crippen molar-refractivity contribution >= 4 is 15.9 Å². The van der Waals surface area contributed by atoms with Gasteiger partial charge in [0.1, 0.15) is 5.75 Å². The molecule has 21 heavy (non-hydrogen) atoms. The molecular formula is C13H20N2O5S. The van der Waals surface area contributed by atoms with Crippen LogP contribution in [0.25, 0.3) is 0 Å². The number of nitrogens with one attached hydrogen (secondary N) is 1. The number of rotatable bonds is 6. The van der Waals surface area contributed by atoms with Crippen LogP contribution in [0.15, 0.2) is 23.1 Å². The standard InChI is InChI=1S/C13H20N2O5S/c1-13(2,20-4)8-15-12(16)10-7-9(21(14,17)18)5-6-11(10)19-3/h5-7H,8H2,1-4H3,(H,15,16)(H2,14,17,18). The first-order chi connectivity index (χ1) is 9.60. The summed E-state index contributed by atoms with van der Waals surface area (Å²) in [7, 11) is -0.965. The molecule has 0 aliphatic rings. The van der Waals surface area contributed by atoms with Gasteiger partial charge in [-0.2, -0.15) is 0 Å². The third-order valence-electron chi connectivity index (χ3n) is 2.97. The Balaban J connectivity index is 3.07. The molecule has 0 unspecified atom stereocenters. The molecule has 118 valence electrons. The van der Waals surface area contributed by atoms with Crippen LogP contribution >= 0.6 is 0 Å². The van der Waals surface area contributed by atoms with Crippen LogP contribution in [0.1, 0.15) is 24.2 Å². The zero-order chi connectivity index (χ0) is 16.3. The Bertz CT molecular complexity index is 625. The summed E-state index contributed by atoms with van der Waals surface area (Å²) >= 11 is 0. The molecule has 0 bridgehead atoms. The second-order valence-electron chi connectivity index (χ2n) is 5.05. The number of carbonyl (C=O) groups is 1. The summed E-state index contributed by atoms with van der Waals surface area (Å²) in [5.74, 6) is -0.211. The fourth-order valence-corrected chi connectivity index (χ4v) is 2.04. The third kappa shape index (κ3) is 4.69. The van der Waals surface area contributed by atoms with Gasteiger partial charge in [-0.1, -0.05) is 0 Å². The lowest BCUT2D eigenvalue weighted by Crippen LogP contribution is -2.39. The molecule has 1 amide bonds. The molecule has 0 aliphatic heterocycles. The van der Waals surface area contributed by atoms with Gasteiger partial charge in [0.2, 0.25) is 10.0 Å².